The lowest BCUT2D eigenvalue weighted by Gasteiger charge is -2.32. The van der Waals surface area contributed by atoms with Gasteiger partial charge in [-0.2, -0.15) is 4.98 Å². The van der Waals surface area contributed by atoms with Crippen LogP contribution < -0.4 is 10.6 Å². The number of carbonyl (C=O) groups is 1. The van der Waals surface area contributed by atoms with Gasteiger partial charge in [-0.15, -0.1) is 0 Å². The van der Waals surface area contributed by atoms with Crippen LogP contribution >= 0.6 is 0 Å². The number of anilines is 2. The number of carbonyl (C=O) groups excluding carboxylic acids is 1. The molecular weight excluding hydrogens is 344 g/mol. The van der Waals surface area contributed by atoms with E-state index in [0.717, 1.165) is 48.2 Å². The summed E-state index contributed by atoms with van der Waals surface area (Å²) in [5, 5.41) is 0. The summed E-state index contributed by atoms with van der Waals surface area (Å²) >= 11 is 0. The van der Waals surface area contributed by atoms with Crippen molar-refractivity contribution in [1.29, 1.82) is 0 Å². The summed E-state index contributed by atoms with van der Waals surface area (Å²) < 4.78 is 5.90. The Morgan fingerprint density at radius 1 is 1.22 bits per heavy atom. The average Bonchev–Trinajstić information content (AvgIpc) is 3.33. The maximum Gasteiger partial charge on any atom is 0.299 e. The van der Waals surface area contributed by atoms with Gasteiger partial charge in [-0.25, -0.2) is 9.97 Å². The molecule has 8 nitrogen and oxygen atoms in total. The zero-order chi connectivity index (χ0) is 18.4. The molecule has 0 spiro atoms. The summed E-state index contributed by atoms with van der Waals surface area (Å²) in [5.41, 5.74) is 9.16. The SMILES string of the molecule is Nc1ncc2c(n1)CN(C(=O)C1CCCN1c1nc3ccccc3o1)CC2. The van der Waals surface area contributed by atoms with Crippen molar-refractivity contribution in [2.24, 2.45) is 0 Å². The van der Waals surface area contributed by atoms with E-state index in [0.29, 0.717) is 19.1 Å². The Balaban J connectivity index is 1.39. The third kappa shape index (κ3) is 2.77. The highest BCUT2D eigenvalue weighted by molar-refractivity contribution is 5.86. The molecule has 1 saturated heterocycles. The Labute approximate surface area is 156 Å². The molecule has 1 unspecified atom stereocenters. The van der Waals surface area contributed by atoms with Gasteiger partial charge >= 0.3 is 0 Å². The highest BCUT2D eigenvalue weighted by Gasteiger charge is 2.37. The highest BCUT2D eigenvalue weighted by atomic mass is 16.4. The Morgan fingerprint density at radius 3 is 3.00 bits per heavy atom. The Kier molecular flexibility index (Phi) is 3.70. The molecule has 2 aromatic heterocycles. The molecule has 138 valence electrons. The van der Waals surface area contributed by atoms with Crippen LogP contribution in [-0.2, 0) is 17.8 Å². The topological polar surface area (TPSA) is 101 Å². The Morgan fingerprint density at radius 2 is 2.11 bits per heavy atom. The number of oxazole rings is 1. The van der Waals surface area contributed by atoms with E-state index in [1.54, 1.807) is 6.20 Å². The second kappa shape index (κ2) is 6.22. The maximum atomic E-state index is 13.2. The van der Waals surface area contributed by atoms with Crippen molar-refractivity contribution in [1.82, 2.24) is 19.9 Å². The number of nitrogens with zero attached hydrogens (tertiary/aromatic N) is 5. The number of hydrogen-bond donors (Lipinski definition) is 1. The standard InChI is InChI=1S/C19H20N6O2/c20-18-21-10-12-7-9-24(11-14(12)22-18)17(26)15-5-3-8-25(15)19-23-13-4-1-2-6-16(13)27-19/h1-2,4,6,10,15H,3,5,7-9,11H2,(H2,20,21,22). The van der Waals surface area contributed by atoms with Crippen molar-refractivity contribution in [3.05, 3.63) is 41.7 Å². The largest absolute Gasteiger partial charge is 0.423 e. The normalized spacial score (nSPS) is 19.5. The van der Waals surface area contributed by atoms with Gasteiger partial charge in [0.15, 0.2) is 5.58 Å². The fourth-order valence-corrected chi connectivity index (χ4v) is 3.95. The number of amides is 1. The lowest BCUT2D eigenvalue weighted by Crippen LogP contribution is -2.47. The predicted molar refractivity (Wildman–Crippen MR) is 99.9 cm³/mol. The molecule has 1 fully saturated rings. The van der Waals surface area contributed by atoms with Crippen molar-refractivity contribution >= 4 is 29.0 Å². The molecule has 2 aliphatic heterocycles. The van der Waals surface area contributed by atoms with Gasteiger partial charge in [0.25, 0.3) is 6.01 Å². The highest BCUT2D eigenvalue weighted by Crippen LogP contribution is 2.30. The van der Waals surface area contributed by atoms with Crippen LogP contribution in [0.3, 0.4) is 0 Å². The number of nitrogens with two attached hydrogens (primary N) is 1. The van der Waals surface area contributed by atoms with Crippen molar-refractivity contribution in [3.63, 3.8) is 0 Å². The minimum Gasteiger partial charge on any atom is -0.423 e. The molecule has 1 aromatic carbocycles. The molecule has 0 radical (unpaired) electrons. The third-order valence-corrected chi connectivity index (χ3v) is 5.34. The summed E-state index contributed by atoms with van der Waals surface area (Å²) in [4.78, 5) is 30.0. The first kappa shape index (κ1) is 16.0. The summed E-state index contributed by atoms with van der Waals surface area (Å²) in [6.07, 6.45) is 4.25. The van der Waals surface area contributed by atoms with E-state index in [2.05, 4.69) is 15.0 Å². The fraction of sp³-hybridized carbons (Fsp3) is 0.368. The molecule has 5 rings (SSSR count). The minimum atomic E-state index is -0.251. The van der Waals surface area contributed by atoms with Crippen LogP contribution in [0, 0.1) is 0 Å². The first-order valence-corrected chi connectivity index (χ1v) is 9.20. The van der Waals surface area contributed by atoms with E-state index in [1.807, 2.05) is 34.1 Å². The van der Waals surface area contributed by atoms with Gasteiger partial charge in [-0.05, 0) is 37.0 Å². The second-order valence-electron chi connectivity index (χ2n) is 7.03. The van der Waals surface area contributed by atoms with Gasteiger partial charge in [-0.1, -0.05) is 12.1 Å². The van der Waals surface area contributed by atoms with Crippen molar-refractivity contribution in [2.75, 3.05) is 23.7 Å². The van der Waals surface area contributed by atoms with Crippen LogP contribution in [0.4, 0.5) is 12.0 Å². The molecule has 2 N–H and O–H groups in total. The monoisotopic (exact) mass is 364 g/mol. The van der Waals surface area contributed by atoms with Crippen LogP contribution in [0.1, 0.15) is 24.1 Å². The van der Waals surface area contributed by atoms with E-state index < -0.39 is 0 Å². The van der Waals surface area contributed by atoms with Crippen LogP contribution in [0.15, 0.2) is 34.9 Å². The molecule has 8 heteroatoms. The van der Waals surface area contributed by atoms with Crippen molar-refractivity contribution in [3.8, 4) is 0 Å². The molecule has 4 heterocycles. The summed E-state index contributed by atoms with van der Waals surface area (Å²) in [6.45, 7) is 1.90. The number of nitrogen functional groups attached to an aromatic ring is 1. The van der Waals surface area contributed by atoms with Gasteiger partial charge < -0.3 is 20.0 Å². The first-order chi connectivity index (χ1) is 13.2. The molecule has 0 aliphatic carbocycles. The molecule has 27 heavy (non-hydrogen) atoms. The Bertz CT molecular complexity index is 983. The fourth-order valence-electron chi connectivity index (χ4n) is 3.95. The van der Waals surface area contributed by atoms with Gasteiger partial charge in [-0.3, -0.25) is 4.79 Å². The van der Waals surface area contributed by atoms with Crippen molar-refractivity contribution in [2.45, 2.75) is 31.8 Å². The molecule has 1 amide bonds. The molecule has 0 bridgehead atoms. The van der Waals surface area contributed by atoms with Gasteiger partial charge in [0.1, 0.15) is 11.6 Å². The van der Waals surface area contributed by atoms with E-state index >= 15 is 0 Å². The predicted octanol–water partition coefficient (Wildman–Crippen LogP) is 1.75. The maximum absolute atomic E-state index is 13.2. The van der Waals surface area contributed by atoms with E-state index in [9.17, 15) is 4.79 Å². The van der Waals surface area contributed by atoms with Crippen LogP contribution in [0.2, 0.25) is 0 Å². The summed E-state index contributed by atoms with van der Waals surface area (Å²) in [5.74, 6) is 0.342. The molecule has 2 aliphatic rings. The smallest absolute Gasteiger partial charge is 0.299 e. The van der Waals surface area contributed by atoms with Crippen LogP contribution in [0.25, 0.3) is 11.1 Å². The lowest BCUT2D eigenvalue weighted by molar-refractivity contribution is -0.133. The molecular formula is C19H20N6O2. The average molecular weight is 364 g/mol. The summed E-state index contributed by atoms with van der Waals surface area (Å²) in [6, 6.07) is 7.93. The molecule has 0 saturated carbocycles. The van der Waals surface area contributed by atoms with Crippen LogP contribution in [-0.4, -0.2) is 44.9 Å². The number of para-hydroxylation sites is 2. The summed E-state index contributed by atoms with van der Waals surface area (Å²) in [7, 11) is 0. The number of benzene rings is 1. The molecule has 1 atom stereocenters. The number of aromatic nitrogens is 3. The van der Waals surface area contributed by atoms with E-state index in [4.69, 9.17) is 10.2 Å². The quantitative estimate of drug-likeness (QED) is 0.739. The molecule has 3 aromatic rings. The van der Waals surface area contributed by atoms with Crippen LogP contribution in [0.5, 0.6) is 0 Å². The zero-order valence-corrected chi connectivity index (χ0v) is 14.8. The van der Waals surface area contributed by atoms with Gasteiger partial charge in [0.2, 0.25) is 11.9 Å². The lowest BCUT2D eigenvalue weighted by atomic mass is 10.1. The van der Waals surface area contributed by atoms with E-state index in [-0.39, 0.29) is 17.9 Å². The second-order valence-corrected chi connectivity index (χ2v) is 7.03. The number of rotatable bonds is 2. The van der Waals surface area contributed by atoms with Crippen molar-refractivity contribution < 1.29 is 9.21 Å². The first-order valence-electron chi connectivity index (χ1n) is 9.20. The van der Waals surface area contributed by atoms with Gasteiger partial charge in [0, 0.05) is 19.3 Å². The van der Waals surface area contributed by atoms with Gasteiger partial charge in [0.05, 0.1) is 12.2 Å². The van der Waals surface area contributed by atoms with E-state index in [1.165, 1.54) is 0 Å². The Hall–Kier alpha value is -3.16. The number of fused-ring (bicyclic) bond motifs is 2. The minimum absolute atomic E-state index is 0.0950. The number of hydrogen-bond acceptors (Lipinski definition) is 7. The zero-order valence-electron chi connectivity index (χ0n) is 14.8. The third-order valence-electron chi connectivity index (χ3n) is 5.34.